The van der Waals surface area contributed by atoms with Gasteiger partial charge in [0.25, 0.3) is 0 Å². The molecule has 0 aromatic heterocycles. The van der Waals surface area contributed by atoms with E-state index in [9.17, 15) is 0 Å². The van der Waals surface area contributed by atoms with Gasteiger partial charge in [-0.1, -0.05) is 12.1 Å². The Kier molecular flexibility index (Phi) is 4.52. The molecule has 1 aliphatic heterocycles. The summed E-state index contributed by atoms with van der Waals surface area (Å²) >= 11 is 5.79. The molecule has 1 N–H and O–H groups in total. The van der Waals surface area contributed by atoms with Gasteiger partial charge in [0.15, 0.2) is 0 Å². The molecule has 0 bridgehead atoms. The lowest BCUT2D eigenvalue weighted by molar-refractivity contribution is 0.356. The van der Waals surface area contributed by atoms with Gasteiger partial charge in [0, 0.05) is 17.8 Å². The number of hydrogen-bond donors (Lipinski definition) is 1. The maximum atomic E-state index is 5.79. The number of hydrogen-bond acceptors (Lipinski definition) is 2. The second-order valence-electron chi connectivity index (χ2n) is 5.54. The molecular weight excluding hydrogens is 246 g/mol. The molecule has 0 aliphatic carbocycles. The number of ether oxygens (including phenoxy) is 1. The van der Waals surface area contributed by atoms with Crippen LogP contribution in [0.2, 0.25) is 0 Å². The molecule has 2 rings (SSSR count). The van der Waals surface area contributed by atoms with Gasteiger partial charge in [0.05, 0.1) is 6.61 Å². The Morgan fingerprint density at radius 1 is 1.39 bits per heavy atom. The maximum absolute atomic E-state index is 5.79. The van der Waals surface area contributed by atoms with E-state index in [0.717, 1.165) is 38.2 Å². The van der Waals surface area contributed by atoms with Gasteiger partial charge in [-0.15, -0.1) is 11.6 Å². The van der Waals surface area contributed by atoms with Crippen molar-refractivity contribution in [2.45, 2.75) is 38.6 Å². The largest absolute Gasteiger partial charge is 0.493 e. The monoisotopic (exact) mass is 267 g/mol. The summed E-state index contributed by atoms with van der Waals surface area (Å²) in [6.07, 6.45) is 3.10. The van der Waals surface area contributed by atoms with Crippen LogP contribution in [0, 0.1) is 0 Å². The van der Waals surface area contributed by atoms with Crippen LogP contribution in [0.5, 0.6) is 5.75 Å². The predicted octanol–water partition coefficient (Wildman–Crippen LogP) is 3.16. The third-order valence-corrected chi connectivity index (χ3v) is 3.68. The molecule has 1 aromatic rings. The van der Waals surface area contributed by atoms with E-state index >= 15 is 0 Å². The van der Waals surface area contributed by atoms with Gasteiger partial charge in [-0.2, -0.15) is 0 Å². The van der Waals surface area contributed by atoms with Crippen LogP contribution in [0.1, 0.15) is 31.4 Å². The molecule has 1 heterocycles. The molecule has 0 saturated heterocycles. The van der Waals surface area contributed by atoms with E-state index in [1.165, 1.54) is 11.1 Å². The summed E-state index contributed by atoms with van der Waals surface area (Å²) in [5, 5.41) is 3.56. The van der Waals surface area contributed by atoms with Crippen LogP contribution in [-0.4, -0.2) is 24.6 Å². The first-order chi connectivity index (χ1) is 8.61. The fourth-order valence-electron chi connectivity index (χ4n) is 2.27. The first-order valence-electron chi connectivity index (χ1n) is 6.66. The van der Waals surface area contributed by atoms with Crippen LogP contribution in [0.4, 0.5) is 0 Å². The second kappa shape index (κ2) is 5.94. The number of alkyl halides is 1. The second-order valence-corrected chi connectivity index (χ2v) is 5.92. The van der Waals surface area contributed by atoms with Crippen LogP contribution in [0.3, 0.4) is 0 Å². The summed E-state index contributed by atoms with van der Waals surface area (Å²) in [7, 11) is 0. The van der Waals surface area contributed by atoms with Crippen molar-refractivity contribution in [3.8, 4) is 5.75 Å². The lowest BCUT2D eigenvalue weighted by atomic mass is 10.0. The van der Waals surface area contributed by atoms with Crippen molar-refractivity contribution in [1.82, 2.24) is 5.32 Å². The van der Waals surface area contributed by atoms with Crippen LogP contribution < -0.4 is 10.1 Å². The third kappa shape index (κ3) is 3.63. The Morgan fingerprint density at radius 3 is 3.00 bits per heavy atom. The molecule has 0 spiro atoms. The summed E-state index contributed by atoms with van der Waals surface area (Å²) in [5.41, 5.74) is 2.86. The lowest BCUT2D eigenvalue weighted by Crippen LogP contribution is -2.40. The molecule has 18 heavy (non-hydrogen) atoms. The average molecular weight is 268 g/mol. The van der Waals surface area contributed by atoms with E-state index < -0.39 is 0 Å². The minimum absolute atomic E-state index is 0.127. The molecule has 0 unspecified atom stereocenters. The Labute approximate surface area is 115 Å². The highest BCUT2D eigenvalue weighted by Gasteiger charge is 2.16. The van der Waals surface area contributed by atoms with E-state index in [0.29, 0.717) is 5.88 Å². The number of rotatable bonds is 6. The predicted molar refractivity (Wildman–Crippen MR) is 76.8 cm³/mol. The fourth-order valence-corrected chi connectivity index (χ4v) is 2.74. The van der Waals surface area contributed by atoms with Gasteiger partial charge in [0.1, 0.15) is 5.75 Å². The summed E-state index contributed by atoms with van der Waals surface area (Å²) in [5.74, 6) is 1.77. The summed E-state index contributed by atoms with van der Waals surface area (Å²) in [4.78, 5) is 0. The van der Waals surface area contributed by atoms with Gasteiger partial charge in [0.2, 0.25) is 0 Å². The number of fused-ring (bicyclic) bond motifs is 1. The molecule has 3 heteroatoms. The molecule has 100 valence electrons. The SMILES string of the molecule is CC(C)(CCCl)NCCc1ccc2c(c1)CCO2. The Morgan fingerprint density at radius 2 is 2.22 bits per heavy atom. The van der Waals surface area contributed by atoms with E-state index in [1.807, 2.05) is 0 Å². The molecule has 0 radical (unpaired) electrons. The van der Waals surface area contributed by atoms with Crippen LogP contribution in [0.25, 0.3) is 0 Å². The first-order valence-corrected chi connectivity index (χ1v) is 7.20. The molecule has 2 nitrogen and oxygen atoms in total. The maximum Gasteiger partial charge on any atom is 0.122 e. The smallest absolute Gasteiger partial charge is 0.122 e. The zero-order chi connectivity index (χ0) is 13.0. The normalized spacial score (nSPS) is 14.4. The summed E-state index contributed by atoms with van der Waals surface area (Å²) in [6.45, 7) is 6.22. The van der Waals surface area contributed by atoms with E-state index in [-0.39, 0.29) is 5.54 Å². The van der Waals surface area contributed by atoms with Crippen LogP contribution >= 0.6 is 11.6 Å². The van der Waals surface area contributed by atoms with E-state index in [4.69, 9.17) is 16.3 Å². The fraction of sp³-hybridized carbons (Fsp3) is 0.600. The quantitative estimate of drug-likeness (QED) is 0.800. The van der Waals surface area contributed by atoms with Gasteiger partial charge < -0.3 is 10.1 Å². The van der Waals surface area contributed by atoms with Gasteiger partial charge >= 0.3 is 0 Å². The summed E-state index contributed by atoms with van der Waals surface area (Å²) < 4.78 is 5.51. The van der Waals surface area contributed by atoms with Crippen molar-refractivity contribution in [3.05, 3.63) is 29.3 Å². The zero-order valence-corrected chi connectivity index (χ0v) is 12.0. The standard InChI is InChI=1S/C15H22ClNO/c1-15(2,7-8-16)17-9-5-12-3-4-14-13(11-12)6-10-18-14/h3-4,11,17H,5-10H2,1-2H3. The number of nitrogens with one attached hydrogen (secondary N) is 1. The Bertz CT molecular complexity index is 403. The number of halogens is 1. The molecule has 1 aromatic carbocycles. The molecule has 0 saturated carbocycles. The summed E-state index contributed by atoms with van der Waals surface area (Å²) in [6, 6.07) is 6.54. The molecule has 1 aliphatic rings. The van der Waals surface area contributed by atoms with Crippen molar-refractivity contribution < 1.29 is 4.74 Å². The molecule has 0 atom stereocenters. The lowest BCUT2D eigenvalue weighted by Gasteiger charge is -2.25. The minimum atomic E-state index is 0.127. The van der Waals surface area contributed by atoms with Gasteiger partial charge in [-0.25, -0.2) is 0 Å². The van der Waals surface area contributed by atoms with Crippen molar-refractivity contribution in [2.75, 3.05) is 19.0 Å². The molecule has 0 amide bonds. The molecule has 0 fully saturated rings. The van der Waals surface area contributed by atoms with Gasteiger partial charge in [-0.05, 0) is 50.4 Å². The highest BCUT2D eigenvalue weighted by atomic mass is 35.5. The van der Waals surface area contributed by atoms with E-state index in [2.05, 4.69) is 37.4 Å². The van der Waals surface area contributed by atoms with Gasteiger partial charge in [-0.3, -0.25) is 0 Å². The highest BCUT2D eigenvalue weighted by Crippen LogP contribution is 2.25. The molecular formula is C15H22ClNO. The Hall–Kier alpha value is -0.730. The third-order valence-electron chi connectivity index (χ3n) is 3.49. The van der Waals surface area contributed by atoms with Crippen molar-refractivity contribution in [3.63, 3.8) is 0 Å². The minimum Gasteiger partial charge on any atom is -0.493 e. The van der Waals surface area contributed by atoms with Crippen LogP contribution in [0.15, 0.2) is 18.2 Å². The average Bonchev–Trinajstić information content (AvgIpc) is 2.75. The zero-order valence-electron chi connectivity index (χ0n) is 11.3. The highest BCUT2D eigenvalue weighted by molar-refractivity contribution is 6.17. The van der Waals surface area contributed by atoms with Crippen LogP contribution in [-0.2, 0) is 12.8 Å². The Balaban J connectivity index is 1.84. The van der Waals surface area contributed by atoms with Crippen molar-refractivity contribution in [1.29, 1.82) is 0 Å². The van der Waals surface area contributed by atoms with Crippen molar-refractivity contribution in [2.24, 2.45) is 0 Å². The topological polar surface area (TPSA) is 21.3 Å². The number of benzene rings is 1. The first kappa shape index (κ1) is 13.7. The van der Waals surface area contributed by atoms with Crippen molar-refractivity contribution >= 4 is 11.6 Å². The van der Waals surface area contributed by atoms with E-state index in [1.54, 1.807) is 0 Å².